The van der Waals surface area contributed by atoms with E-state index in [0.717, 1.165) is 4.31 Å². The molecular formula is C16H14N2O4S. The monoisotopic (exact) mass is 330 g/mol. The smallest absolute Gasteiger partial charge is 0.339 e. The number of nitriles is 1. The lowest BCUT2D eigenvalue weighted by molar-refractivity contribution is 0.0555. The van der Waals surface area contributed by atoms with Crippen molar-refractivity contribution in [3.63, 3.8) is 0 Å². The molecule has 0 spiro atoms. The normalized spacial score (nSPS) is 10.6. The van der Waals surface area contributed by atoms with Crippen molar-refractivity contribution in [3.8, 4) is 6.07 Å². The molecule has 0 saturated heterocycles. The lowest BCUT2D eigenvalue weighted by Gasteiger charge is -2.19. The minimum Gasteiger partial charge on any atom is -0.447 e. The molecular weight excluding hydrogens is 316 g/mol. The number of sulfonamides is 1. The molecule has 0 unspecified atom stereocenters. The Kier molecular flexibility index (Phi) is 4.98. The molecule has 23 heavy (non-hydrogen) atoms. The molecule has 0 heterocycles. The second kappa shape index (κ2) is 6.94. The van der Waals surface area contributed by atoms with Crippen molar-refractivity contribution in [2.24, 2.45) is 0 Å². The van der Waals surface area contributed by atoms with Crippen LogP contribution in [0.3, 0.4) is 0 Å². The van der Waals surface area contributed by atoms with Crippen molar-refractivity contribution in [3.05, 3.63) is 60.2 Å². The molecule has 2 rings (SSSR count). The van der Waals surface area contributed by atoms with Gasteiger partial charge in [0.05, 0.1) is 16.1 Å². The Morgan fingerprint density at radius 2 is 1.74 bits per heavy atom. The van der Waals surface area contributed by atoms with Gasteiger partial charge in [-0.3, -0.25) is 4.31 Å². The molecule has 6 nitrogen and oxygen atoms in total. The third-order valence-corrected chi connectivity index (χ3v) is 4.94. The van der Waals surface area contributed by atoms with E-state index in [-0.39, 0.29) is 17.1 Å². The molecule has 118 valence electrons. The van der Waals surface area contributed by atoms with Gasteiger partial charge >= 0.3 is 5.97 Å². The average Bonchev–Trinajstić information content (AvgIpc) is 2.59. The zero-order valence-corrected chi connectivity index (χ0v) is 13.2. The van der Waals surface area contributed by atoms with Crippen LogP contribution in [0.4, 0.5) is 5.69 Å². The SMILES string of the molecule is CN(c1ccccc1)S(=O)(=O)c1ccc(C(=O)OCC#N)cc1. The Bertz CT molecular complexity index is 825. The van der Waals surface area contributed by atoms with Gasteiger partial charge in [0.2, 0.25) is 0 Å². The van der Waals surface area contributed by atoms with Crippen LogP contribution in [0.25, 0.3) is 0 Å². The number of nitrogens with zero attached hydrogens (tertiary/aromatic N) is 2. The molecule has 0 radical (unpaired) electrons. The molecule has 2 aromatic carbocycles. The minimum absolute atomic E-state index is 0.0562. The highest BCUT2D eigenvalue weighted by molar-refractivity contribution is 7.92. The fraction of sp³-hybridized carbons (Fsp3) is 0.125. The van der Waals surface area contributed by atoms with Crippen molar-refractivity contribution < 1.29 is 17.9 Å². The van der Waals surface area contributed by atoms with Crippen LogP contribution in [0.5, 0.6) is 0 Å². The first-order valence-corrected chi connectivity index (χ1v) is 8.09. The van der Waals surface area contributed by atoms with Crippen LogP contribution >= 0.6 is 0 Å². The summed E-state index contributed by atoms with van der Waals surface area (Å²) in [7, 11) is -2.26. The number of esters is 1. The maximum absolute atomic E-state index is 12.6. The Labute approximate surface area is 134 Å². The van der Waals surface area contributed by atoms with E-state index in [1.165, 1.54) is 31.3 Å². The second-order valence-electron chi connectivity index (χ2n) is 4.57. The van der Waals surface area contributed by atoms with E-state index in [1.807, 2.05) is 0 Å². The third kappa shape index (κ3) is 3.67. The van der Waals surface area contributed by atoms with E-state index in [1.54, 1.807) is 36.4 Å². The summed E-state index contributed by atoms with van der Waals surface area (Å²) in [6.07, 6.45) is 0. The van der Waals surface area contributed by atoms with E-state index in [2.05, 4.69) is 4.74 Å². The lowest BCUT2D eigenvalue weighted by Crippen LogP contribution is -2.26. The molecule has 2 aromatic rings. The van der Waals surface area contributed by atoms with Crippen LogP contribution in [0.15, 0.2) is 59.5 Å². The number of rotatable bonds is 5. The number of hydrogen-bond donors (Lipinski definition) is 0. The highest BCUT2D eigenvalue weighted by atomic mass is 32.2. The van der Waals surface area contributed by atoms with Crippen molar-refractivity contribution >= 4 is 21.7 Å². The van der Waals surface area contributed by atoms with Crippen LogP contribution < -0.4 is 4.31 Å². The number of carbonyl (C=O) groups excluding carboxylic acids is 1. The average molecular weight is 330 g/mol. The summed E-state index contributed by atoms with van der Waals surface area (Å²) in [6.45, 7) is -0.352. The van der Waals surface area contributed by atoms with Crippen molar-refractivity contribution in [1.82, 2.24) is 0 Å². The van der Waals surface area contributed by atoms with Crippen LogP contribution in [0.1, 0.15) is 10.4 Å². The number of hydrogen-bond acceptors (Lipinski definition) is 5. The first-order valence-electron chi connectivity index (χ1n) is 6.65. The number of ether oxygens (including phenoxy) is 1. The Balaban J connectivity index is 2.24. The van der Waals surface area contributed by atoms with Crippen LogP contribution in [-0.4, -0.2) is 28.0 Å². The largest absolute Gasteiger partial charge is 0.447 e. The molecule has 0 N–H and O–H groups in total. The van der Waals surface area contributed by atoms with Crippen LogP contribution in [0, 0.1) is 11.3 Å². The van der Waals surface area contributed by atoms with Gasteiger partial charge in [-0.15, -0.1) is 0 Å². The van der Waals surface area contributed by atoms with Crippen LogP contribution in [0.2, 0.25) is 0 Å². The topological polar surface area (TPSA) is 87.5 Å². The fourth-order valence-corrected chi connectivity index (χ4v) is 3.07. The van der Waals surface area contributed by atoms with Gasteiger partial charge in [0.25, 0.3) is 10.0 Å². The van der Waals surface area contributed by atoms with Gasteiger partial charge in [0, 0.05) is 7.05 Å². The summed E-state index contributed by atoms with van der Waals surface area (Å²) in [5.41, 5.74) is 0.714. The van der Waals surface area contributed by atoms with Gasteiger partial charge in [-0.05, 0) is 36.4 Å². The van der Waals surface area contributed by atoms with Gasteiger partial charge in [-0.1, -0.05) is 18.2 Å². The maximum atomic E-state index is 12.6. The fourth-order valence-electron chi connectivity index (χ4n) is 1.88. The van der Waals surface area contributed by atoms with E-state index >= 15 is 0 Å². The summed E-state index contributed by atoms with van der Waals surface area (Å²) in [6, 6.07) is 15.7. The van der Waals surface area contributed by atoms with Gasteiger partial charge in [0.1, 0.15) is 6.07 Å². The predicted octanol–water partition coefficient (Wildman–Crippen LogP) is 2.19. The van der Waals surface area contributed by atoms with Crippen LogP contribution in [-0.2, 0) is 14.8 Å². The highest BCUT2D eigenvalue weighted by Gasteiger charge is 2.21. The molecule has 0 amide bonds. The number of para-hydroxylation sites is 1. The first kappa shape index (κ1) is 16.5. The molecule has 0 aliphatic rings. The van der Waals surface area contributed by atoms with Crippen molar-refractivity contribution in [2.75, 3.05) is 18.0 Å². The zero-order chi connectivity index (χ0) is 16.9. The highest BCUT2D eigenvalue weighted by Crippen LogP contribution is 2.21. The Hall–Kier alpha value is -2.85. The van der Waals surface area contributed by atoms with E-state index in [9.17, 15) is 13.2 Å². The third-order valence-electron chi connectivity index (χ3n) is 3.14. The molecule has 7 heteroatoms. The van der Waals surface area contributed by atoms with E-state index in [0.29, 0.717) is 5.69 Å². The second-order valence-corrected chi connectivity index (χ2v) is 6.54. The quantitative estimate of drug-likeness (QED) is 0.784. The van der Waals surface area contributed by atoms with Gasteiger partial charge in [0.15, 0.2) is 6.61 Å². The van der Waals surface area contributed by atoms with E-state index in [4.69, 9.17) is 5.26 Å². The zero-order valence-electron chi connectivity index (χ0n) is 12.3. The molecule has 0 aliphatic heterocycles. The number of carbonyl (C=O) groups is 1. The summed E-state index contributed by atoms with van der Waals surface area (Å²) in [5.74, 6) is -0.674. The van der Waals surface area contributed by atoms with Gasteiger partial charge < -0.3 is 4.74 Å². The Morgan fingerprint density at radius 1 is 1.13 bits per heavy atom. The van der Waals surface area contributed by atoms with Crippen molar-refractivity contribution in [1.29, 1.82) is 5.26 Å². The Morgan fingerprint density at radius 3 is 2.30 bits per heavy atom. The summed E-state index contributed by atoms with van der Waals surface area (Å²) in [5, 5.41) is 8.37. The van der Waals surface area contributed by atoms with Crippen molar-refractivity contribution in [2.45, 2.75) is 4.90 Å². The predicted molar refractivity (Wildman–Crippen MR) is 84.4 cm³/mol. The standard InChI is InChI=1S/C16H14N2O4S/c1-18(14-5-3-2-4-6-14)23(20,21)15-9-7-13(8-10-15)16(19)22-12-11-17/h2-10H,12H2,1H3. The molecule has 0 atom stereocenters. The maximum Gasteiger partial charge on any atom is 0.339 e. The molecule has 0 bridgehead atoms. The van der Waals surface area contributed by atoms with E-state index < -0.39 is 16.0 Å². The first-order chi connectivity index (χ1) is 11.0. The lowest BCUT2D eigenvalue weighted by atomic mass is 10.2. The molecule has 0 aromatic heterocycles. The summed E-state index contributed by atoms with van der Waals surface area (Å²) < 4.78 is 30.9. The number of benzene rings is 2. The summed E-state index contributed by atoms with van der Waals surface area (Å²) in [4.78, 5) is 11.6. The van der Waals surface area contributed by atoms with Gasteiger partial charge in [-0.25, -0.2) is 13.2 Å². The molecule has 0 aliphatic carbocycles. The molecule has 0 saturated carbocycles. The number of anilines is 1. The molecule has 0 fully saturated rings. The van der Waals surface area contributed by atoms with Gasteiger partial charge in [-0.2, -0.15) is 5.26 Å². The minimum atomic E-state index is -3.72. The summed E-state index contributed by atoms with van der Waals surface area (Å²) >= 11 is 0.